The first-order chi connectivity index (χ1) is 21.7. The Labute approximate surface area is 261 Å². The number of nitrogens with zero attached hydrogens (tertiary/aromatic N) is 1. The molecule has 4 aromatic rings. The van der Waals surface area contributed by atoms with Crippen LogP contribution in [-0.2, 0) is 22.4 Å². The Bertz CT molecular complexity index is 1750. The van der Waals surface area contributed by atoms with Gasteiger partial charge in [-0.2, -0.15) is 0 Å². The van der Waals surface area contributed by atoms with Gasteiger partial charge in [-0.25, -0.2) is 4.98 Å². The number of carbonyl (C=O) groups excluding carboxylic acids is 2. The van der Waals surface area contributed by atoms with Crippen LogP contribution in [-0.4, -0.2) is 55.7 Å². The smallest absolute Gasteiger partial charge is 0.242 e. The van der Waals surface area contributed by atoms with Gasteiger partial charge in [0.05, 0.1) is 44.1 Å². The Morgan fingerprint density at radius 1 is 1.04 bits per heavy atom. The third-order valence-electron chi connectivity index (χ3n) is 8.01. The number of hydrogen-bond acceptors (Lipinski definition) is 8. The van der Waals surface area contributed by atoms with Crippen LogP contribution in [0.5, 0.6) is 17.2 Å². The molecule has 0 bridgehead atoms. The van der Waals surface area contributed by atoms with E-state index in [0.717, 1.165) is 28.0 Å². The Hall–Kier alpha value is -5.06. The topological polar surface area (TPSA) is 144 Å². The van der Waals surface area contributed by atoms with Gasteiger partial charge in [0, 0.05) is 25.5 Å². The Balaban J connectivity index is 1.38. The van der Waals surface area contributed by atoms with Crippen LogP contribution in [0.15, 0.2) is 53.3 Å². The lowest BCUT2D eigenvalue weighted by molar-refractivity contribution is -0.121. The maximum absolute atomic E-state index is 13.6. The molecule has 0 spiro atoms. The van der Waals surface area contributed by atoms with Crippen molar-refractivity contribution < 1.29 is 23.8 Å². The van der Waals surface area contributed by atoms with Gasteiger partial charge in [0.15, 0.2) is 11.5 Å². The molecule has 1 aromatic heterocycles. The summed E-state index contributed by atoms with van der Waals surface area (Å²) in [6, 6.07) is 13.7. The molecule has 2 amide bonds. The third kappa shape index (κ3) is 6.72. The number of H-pyrrole nitrogens is 1. The minimum Gasteiger partial charge on any atom is -0.493 e. The van der Waals surface area contributed by atoms with E-state index < -0.39 is 12.1 Å². The molecule has 0 aliphatic heterocycles. The molecule has 45 heavy (non-hydrogen) atoms. The van der Waals surface area contributed by atoms with Gasteiger partial charge < -0.3 is 35.1 Å². The molecule has 0 saturated carbocycles. The Kier molecular flexibility index (Phi) is 9.56. The van der Waals surface area contributed by atoms with E-state index in [1.54, 1.807) is 34.3 Å². The number of para-hydroxylation sites is 2. The highest BCUT2D eigenvalue weighted by atomic mass is 16.5. The van der Waals surface area contributed by atoms with E-state index in [9.17, 15) is 14.4 Å². The first-order valence-corrected chi connectivity index (χ1v) is 15.0. The van der Waals surface area contributed by atoms with Crippen molar-refractivity contribution >= 4 is 28.5 Å². The largest absolute Gasteiger partial charge is 0.493 e. The molecule has 0 fully saturated rings. The van der Waals surface area contributed by atoms with E-state index in [0.29, 0.717) is 60.6 Å². The van der Waals surface area contributed by atoms with Crippen LogP contribution >= 0.6 is 0 Å². The molecule has 1 heterocycles. The van der Waals surface area contributed by atoms with Crippen molar-refractivity contribution in [1.82, 2.24) is 20.6 Å². The van der Waals surface area contributed by atoms with Gasteiger partial charge in [-0.05, 0) is 73.2 Å². The first kappa shape index (κ1) is 31.4. The lowest BCUT2D eigenvalue weighted by Gasteiger charge is -2.19. The van der Waals surface area contributed by atoms with Crippen molar-refractivity contribution in [2.75, 3.05) is 33.2 Å². The highest BCUT2D eigenvalue weighted by Crippen LogP contribution is 2.50. The summed E-state index contributed by atoms with van der Waals surface area (Å²) in [5.74, 6) is 1.86. The number of aromatic amines is 1. The monoisotopic (exact) mass is 613 g/mol. The number of carbonyl (C=O) groups is 2. The summed E-state index contributed by atoms with van der Waals surface area (Å²) < 4.78 is 17.1. The predicted molar refractivity (Wildman–Crippen MR) is 173 cm³/mol. The third-order valence-corrected chi connectivity index (χ3v) is 8.01. The highest BCUT2D eigenvalue weighted by molar-refractivity contribution is 5.85. The van der Waals surface area contributed by atoms with Crippen LogP contribution in [0.2, 0.25) is 0 Å². The van der Waals surface area contributed by atoms with Crippen molar-refractivity contribution in [2.45, 2.75) is 51.6 Å². The van der Waals surface area contributed by atoms with E-state index >= 15 is 0 Å². The van der Waals surface area contributed by atoms with E-state index in [1.165, 1.54) is 13.0 Å². The van der Waals surface area contributed by atoms with Gasteiger partial charge >= 0.3 is 0 Å². The van der Waals surface area contributed by atoms with Crippen LogP contribution in [0.4, 0.5) is 5.69 Å². The fraction of sp³-hybridized carbons (Fsp3) is 0.353. The van der Waals surface area contributed by atoms with Crippen LogP contribution < -0.4 is 35.6 Å². The zero-order valence-electron chi connectivity index (χ0n) is 26.2. The highest BCUT2D eigenvalue weighted by Gasteiger charge is 2.29. The summed E-state index contributed by atoms with van der Waals surface area (Å²) in [5, 5.41) is 9.03. The predicted octanol–water partition coefficient (Wildman–Crippen LogP) is 4.29. The van der Waals surface area contributed by atoms with E-state index in [4.69, 9.17) is 14.2 Å². The molecule has 1 aliphatic carbocycles. The number of rotatable bonds is 11. The Morgan fingerprint density at radius 2 is 1.82 bits per heavy atom. The number of ether oxygens (including phenoxy) is 3. The van der Waals surface area contributed by atoms with Gasteiger partial charge in [-0.1, -0.05) is 18.2 Å². The average molecular weight is 614 g/mol. The summed E-state index contributed by atoms with van der Waals surface area (Å²) in [6.07, 6.45) is 2.55. The Morgan fingerprint density at radius 3 is 2.53 bits per heavy atom. The molecule has 3 aromatic carbocycles. The number of fused-ring (bicyclic) bond motifs is 4. The number of anilines is 1. The van der Waals surface area contributed by atoms with E-state index in [2.05, 4.69) is 25.9 Å². The summed E-state index contributed by atoms with van der Waals surface area (Å²) in [7, 11) is 4.66. The second-order valence-corrected chi connectivity index (χ2v) is 11.1. The average Bonchev–Trinajstić information content (AvgIpc) is 3.31. The SMILES string of the molecule is COc1cc2c(c(OC)c1OC)-c1ccc(N[C@@H](C)C(=O)NCCCc3nc4ccccc4[nH]3)c(=O)cc1[C@@H](NC(C)=O)CC2. The summed E-state index contributed by atoms with van der Waals surface area (Å²) in [6.45, 7) is 3.63. The van der Waals surface area contributed by atoms with Crippen LogP contribution in [0.1, 0.15) is 49.7 Å². The number of imidazole rings is 1. The summed E-state index contributed by atoms with van der Waals surface area (Å²) >= 11 is 0. The van der Waals surface area contributed by atoms with Crippen LogP contribution in [0, 0.1) is 0 Å². The molecule has 4 N–H and O–H groups in total. The molecule has 2 atom stereocenters. The molecular formula is C34H39N5O6. The lowest BCUT2D eigenvalue weighted by atomic mass is 9.95. The standard InChI is InChI=1S/C34H39N5O6/c1-19(34(42)35-16-8-11-30-38-25-9-6-7-10-26(25)39-30)36-27-15-13-22-23(18-28(27)41)24(37-20(2)40)14-12-21-17-29(43-3)32(44-4)33(45-5)31(21)22/h6-7,9-10,13,15,17-19,24H,8,11-12,14,16H2,1-5H3,(H,35,42)(H,36,41)(H,37,40)(H,38,39)/t19-,24-/m0/s1. The number of aryl methyl sites for hydroxylation is 2. The molecule has 0 radical (unpaired) electrons. The van der Waals surface area contributed by atoms with Gasteiger partial charge in [0.1, 0.15) is 11.9 Å². The summed E-state index contributed by atoms with van der Waals surface area (Å²) in [4.78, 5) is 46.6. The minimum absolute atomic E-state index is 0.207. The molecule has 0 unspecified atom stereocenters. The van der Waals surface area contributed by atoms with Crippen molar-refractivity contribution in [3.63, 3.8) is 0 Å². The normalized spacial score (nSPS) is 14.4. The maximum Gasteiger partial charge on any atom is 0.242 e. The van der Waals surface area contributed by atoms with Gasteiger partial charge in [0.2, 0.25) is 23.0 Å². The van der Waals surface area contributed by atoms with Crippen molar-refractivity contribution in [3.05, 3.63) is 75.7 Å². The van der Waals surface area contributed by atoms with Gasteiger partial charge in [-0.15, -0.1) is 0 Å². The molecule has 0 saturated heterocycles. The number of benzene rings is 2. The zero-order chi connectivity index (χ0) is 32.1. The lowest BCUT2D eigenvalue weighted by Crippen LogP contribution is -2.39. The van der Waals surface area contributed by atoms with Crippen LogP contribution in [0.3, 0.4) is 0 Å². The van der Waals surface area contributed by atoms with E-state index in [1.807, 2.05) is 36.4 Å². The van der Waals surface area contributed by atoms with Gasteiger partial charge in [-0.3, -0.25) is 14.4 Å². The fourth-order valence-corrected chi connectivity index (χ4v) is 5.87. The van der Waals surface area contributed by atoms with Crippen molar-refractivity contribution in [3.8, 4) is 28.4 Å². The second kappa shape index (κ2) is 13.7. The van der Waals surface area contributed by atoms with E-state index in [-0.39, 0.29) is 22.9 Å². The van der Waals surface area contributed by atoms with Gasteiger partial charge in [0.25, 0.3) is 0 Å². The molecule has 5 rings (SSSR count). The number of hydrogen-bond donors (Lipinski definition) is 4. The number of methoxy groups -OCH3 is 3. The van der Waals surface area contributed by atoms with Crippen molar-refractivity contribution in [2.24, 2.45) is 0 Å². The molecule has 236 valence electrons. The fourth-order valence-electron chi connectivity index (χ4n) is 5.87. The number of amides is 2. The number of nitrogens with one attached hydrogen (secondary N) is 4. The van der Waals surface area contributed by atoms with Crippen molar-refractivity contribution in [1.29, 1.82) is 0 Å². The maximum atomic E-state index is 13.6. The summed E-state index contributed by atoms with van der Waals surface area (Å²) in [5.41, 5.74) is 4.91. The molecule has 11 nitrogen and oxygen atoms in total. The first-order valence-electron chi connectivity index (χ1n) is 15.0. The molecule has 11 heteroatoms. The molecular weight excluding hydrogens is 574 g/mol. The quantitative estimate of drug-likeness (QED) is 0.184. The minimum atomic E-state index is -0.677. The molecule has 1 aliphatic rings. The number of aromatic nitrogens is 2. The second-order valence-electron chi connectivity index (χ2n) is 11.1. The zero-order valence-corrected chi connectivity index (χ0v) is 26.2. The van der Waals surface area contributed by atoms with Crippen LogP contribution in [0.25, 0.3) is 22.2 Å².